The zero-order valence-electron chi connectivity index (χ0n) is 18.6. The molecule has 0 aliphatic heterocycles. The molecule has 2 aromatic carbocycles. The summed E-state index contributed by atoms with van der Waals surface area (Å²) in [4.78, 5) is 5.28. The summed E-state index contributed by atoms with van der Waals surface area (Å²) < 4.78 is 6.84. The van der Waals surface area contributed by atoms with Crippen molar-refractivity contribution in [1.29, 1.82) is 0 Å². The molecule has 3 aromatic rings. The second kappa shape index (κ2) is 10.7. The second-order valence-electron chi connectivity index (χ2n) is 8.16. The van der Waals surface area contributed by atoms with Gasteiger partial charge in [-0.15, -0.1) is 11.3 Å². The fraction of sp³-hybridized carbons (Fsp3) is 0.360. The van der Waals surface area contributed by atoms with Gasteiger partial charge in [0.1, 0.15) is 0 Å². The Kier molecular flexibility index (Phi) is 7.47. The minimum atomic E-state index is -0.571. The van der Waals surface area contributed by atoms with Gasteiger partial charge >= 0.3 is 0 Å². The van der Waals surface area contributed by atoms with Crippen molar-refractivity contribution in [2.24, 2.45) is 10.1 Å². The van der Waals surface area contributed by atoms with Crippen LogP contribution in [-0.4, -0.2) is 46.5 Å². The molecule has 1 aliphatic carbocycles. The Bertz CT molecular complexity index is 1180. The summed E-state index contributed by atoms with van der Waals surface area (Å²) >= 11 is 1.47. The van der Waals surface area contributed by atoms with E-state index in [4.69, 9.17) is 4.74 Å². The number of methoxy groups -OCH3 is 1. The third-order valence-electron chi connectivity index (χ3n) is 5.98. The third kappa shape index (κ3) is 5.29. The van der Waals surface area contributed by atoms with Gasteiger partial charge in [-0.05, 0) is 36.5 Å². The smallest absolute Gasteiger partial charge is 0.206 e. The quantitative estimate of drug-likeness (QED) is 0.264. The SMILES string of the molecule is COCCN=c1scc(-c2ccc(C3CCCCC3)cc2)n1N=Cc1ccc(O)c(O)c1O. The van der Waals surface area contributed by atoms with Crippen molar-refractivity contribution in [3.05, 3.63) is 57.7 Å². The van der Waals surface area contributed by atoms with Gasteiger partial charge in [0.2, 0.25) is 10.6 Å². The van der Waals surface area contributed by atoms with Crippen molar-refractivity contribution < 1.29 is 20.1 Å². The summed E-state index contributed by atoms with van der Waals surface area (Å²) in [6.45, 7) is 0.998. The highest BCUT2D eigenvalue weighted by Crippen LogP contribution is 2.36. The van der Waals surface area contributed by atoms with Crippen molar-refractivity contribution in [2.45, 2.75) is 38.0 Å². The van der Waals surface area contributed by atoms with Crippen LogP contribution in [0.5, 0.6) is 17.2 Å². The molecule has 0 atom stereocenters. The van der Waals surface area contributed by atoms with Gasteiger partial charge in [0.25, 0.3) is 0 Å². The van der Waals surface area contributed by atoms with Gasteiger partial charge < -0.3 is 20.1 Å². The van der Waals surface area contributed by atoms with E-state index < -0.39 is 11.5 Å². The third-order valence-corrected chi connectivity index (χ3v) is 6.84. The lowest BCUT2D eigenvalue weighted by Crippen LogP contribution is -2.13. The van der Waals surface area contributed by atoms with Crippen LogP contribution in [0.3, 0.4) is 0 Å². The van der Waals surface area contributed by atoms with Crippen LogP contribution in [-0.2, 0) is 4.74 Å². The van der Waals surface area contributed by atoms with Gasteiger partial charge in [-0.25, -0.2) is 4.68 Å². The molecule has 0 bridgehead atoms. The Morgan fingerprint density at radius 1 is 1.03 bits per heavy atom. The monoisotopic (exact) mass is 467 g/mol. The molecule has 174 valence electrons. The number of phenolic OH excluding ortho intramolecular Hbond substituents is 3. The van der Waals surface area contributed by atoms with Crippen LogP contribution in [0.1, 0.15) is 49.1 Å². The first-order valence-corrected chi connectivity index (χ1v) is 12.0. The first kappa shape index (κ1) is 23.1. The molecule has 1 aliphatic rings. The van der Waals surface area contributed by atoms with Gasteiger partial charge in [-0.1, -0.05) is 43.5 Å². The number of hydrogen-bond donors (Lipinski definition) is 3. The summed E-state index contributed by atoms with van der Waals surface area (Å²) in [7, 11) is 1.63. The largest absolute Gasteiger partial charge is 0.504 e. The van der Waals surface area contributed by atoms with Gasteiger partial charge in [-0.3, -0.25) is 4.99 Å². The zero-order valence-corrected chi connectivity index (χ0v) is 19.5. The Balaban J connectivity index is 1.69. The molecule has 1 fully saturated rings. The van der Waals surface area contributed by atoms with Crippen LogP contribution < -0.4 is 4.80 Å². The first-order valence-electron chi connectivity index (χ1n) is 11.2. The maximum Gasteiger partial charge on any atom is 0.206 e. The molecular weight excluding hydrogens is 438 g/mol. The van der Waals surface area contributed by atoms with Crippen LogP contribution in [0.15, 0.2) is 51.9 Å². The Morgan fingerprint density at radius 3 is 2.52 bits per heavy atom. The number of nitrogens with zero attached hydrogens (tertiary/aromatic N) is 3. The van der Waals surface area contributed by atoms with E-state index in [-0.39, 0.29) is 11.3 Å². The van der Waals surface area contributed by atoms with Crippen LogP contribution in [0, 0.1) is 0 Å². The summed E-state index contributed by atoms with van der Waals surface area (Å²) in [5, 5.41) is 36.1. The van der Waals surface area contributed by atoms with Crippen molar-refractivity contribution >= 4 is 17.6 Å². The van der Waals surface area contributed by atoms with Crippen LogP contribution in [0.4, 0.5) is 0 Å². The van der Waals surface area contributed by atoms with E-state index in [0.29, 0.717) is 23.9 Å². The molecule has 8 heteroatoms. The first-order chi connectivity index (χ1) is 16.1. The minimum absolute atomic E-state index is 0.283. The molecule has 33 heavy (non-hydrogen) atoms. The predicted octanol–water partition coefficient (Wildman–Crippen LogP) is 4.81. The molecule has 1 heterocycles. The number of thiazole rings is 1. The molecule has 3 N–H and O–H groups in total. The Labute approximate surface area is 197 Å². The standard InChI is InChI=1S/C25H29N3O4S/c1-32-14-13-26-25-28(27-15-20-11-12-22(29)24(31)23(20)30)21(16-33-25)19-9-7-18(8-10-19)17-5-3-2-4-6-17/h7-12,15-17,29-31H,2-6,13-14H2,1H3. The minimum Gasteiger partial charge on any atom is -0.504 e. The van der Waals surface area contributed by atoms with Crippen molar-refractivity contribution in [3.8, 4) is 28.5 Å². The number of rotatable bonds is 7. The fourth-order valence-electron chi connectivity index (χ4n) is 4.12. The van der Waals surface area contributed by atoms with Crippen LogP contribution >= 0.6 is 11.3 Å². The zero-order chi connectivity index (χ0) is 23.2. The molecule has 1 aromatic heterocycles. The highest BCUT2D eigenvalue weighted by Gasteiger charge is 2.16. The molecule has 0 saturated heterocycles. The van der Waals surface area contributed by atoms with E-state index in [1.807, 2.05) is 5.38 Å². The Hall–Kier alpha value is -3.10. The van der Waals surface area contributed by atoms with E-state index in [1.54, 1.807) is 11.8 Å². The topological polar surface area (TPSA) is 99.6 Å². The predicted molar refractivity (Wildman–Crippen MR) is 130 cm³/mol. The highest BCUT2D eigenvalue weighted by molar-refractivity contribution is 7.07. The van der Waals surface area contributed by atoms with E-state index in [2.05, 4.69) is 34.4 Å². The number of phenols is 3. The maximum absolute atomic E-state index is 10.1. The summed E-state index contributed by atoms with van der Waals surface area (Å²) in [6, 6.07) is 11.5. The lowest BCUT2D eigenvalue weighted by molar-refractivity contribution is 0.207. The van der Waals surface area contributed by atoms with E-state index in [9.17, 15) is 15.3 Å². The maximum atomic E-state index is 10.1. The van der Waals surface area contributed by atoms with E-state index >= 15 is 0 Å². The van der Waals surface area contributed by atoms with Gasteiger partial charge in [-0.2, -0.15) is 5.10 Å². The van der Waals surface area contributed by atoms with E-state index in [0.717, 1.165) is 11.3 Å². The van der Waals surface area contributed by atoms with Crippen molar-refractivity contribution in [1.82, 2.24) is 4.68 Å². The molecule has 7 nitrogen and oxygen atoms in total. The van der Waals surface area contributed by atoms with Crippen molar-refractivity contribution in [2.75, 3.05) is 20.3 Å². The summed E-state index contributed by atoms with van der Waals surface area (Å²) in [6.07, 6.45) is 7.90. The lowest BCUT2D eigenvalue weighted by Gasteiger charge is -2.22. The number of aromatic nitrogens is 1. The van der Waals surface area contributed by atoms with Crippen LogP contribution in [0.25, 0.3) is 11.3 Å². The number of aromatic hydroxyl groups is 3. The lowest BCUT2D eigenvalue weighted by atomic mass is 9.84. The number of benzene rings is 2. The molecule has 0 unspecified atom stereocenters. The molecule has 4 rings (SSSR count). The fourth-order valence-corrected chi connectivity index (χ4v) is 4.98. The molecule has 1 saturated carbocycles. The Morgan fingerprint density at radius 2 is 1.79 bits per heavy atom. The summed E-state index contributed by atoms with van der Waals surface area (Å²) in [5.41, 5.74) is 3.57. The van der Waals surface area contributed by atoms with Gasteiger partial charge in [0.05, 0.1) is 25.1 Å². The molecule has 0 spiro atoms. The van der Waals surface area contributed by atoms with E-state index in [1.165, 1.54) is 67.4 Å². The van der Waals surface area contributed by atoms with Gasteiger partial charge in [0.15, 0.2) is 11.5 Å². The molecular formula is C25H29N3O4S. The van der Waals surface area contributed by atoms with Gasteiger partial charge in [0, 0.05) is 23.6 Å². The number of hydrogen-bond acceptors (Lipinski definition) is 7. The normalized spacial score (nSPS) is 15.5. The highest BCUT2D eigenvalue weighted by atomic mass is 32.1. The summed E-state index contributed by atoms with van der Waals surface area (Å²) in [5.74, 6) is -0.740. The second-order valence-corrected chi connectivity index (χ2v) is 9.00. The molecule has 0 amide bonds. The van der Waals surface area contributed by atoms with Crippen molar-refractivity contribution in [3.63, 3.8) is 0 Å². The average molecular weight is 468 g/mol. The number of ether oxygens (including phenoxy) is 1. The average Bonchev–Trinajstić information content (AvgIpc) is 3.25. The molecule has 0 radical (unpaired) electrons. The van der Waals surface area contributed by atoms with Crippen LogP contribution in [0.2, 0.25) is 0 Å².